The van der Waals surface area contributed by atoms with Crippen LogP contribution in [0.3, 0.4) is 0 Å². The second kappa shape index (κ2) is 8.49. The Bertz CT molecular complexity index is 368. The molecule has 0 unspecified atom stereocenters. The second-order valence-corrected chi connectivity index (χ2v) is 3.62. The van der Waals surface area contributed by atoms with Crippen molar-refractivity contribution in [1.29, 1.82) is 0 Å². The Hall–Kier alpha value is -1.59. The van der Waals surface area contributed by atoms with Crippen LogP contribution in [-0.2, 0) is 22.6 Å². The molecule has 0 saturated heterocycles. The Morgan fingerprint density at radius 3 is 2.72 bits per heavy atom. The standard InChI is InChI=1S/C13H19NO4/c1-2-17-10-12-6-4-3-5-11(12)9-14-13(16)18-8-7-15/h3-6,15H,2,7-10H2,1H3,(H,14,16). The van der Waals surface area contributed by atoms with Crippen molar-refractivity contribution >= 4 is 6.09 Å². The summed E-state index contributed by atoms with van der Waals surface area (Å²) in [5.41, 5.74) is 2.04. The molecule has 0 heterocycles. The van der Waals surface area contributed by atoms with Gasteiger partial charge in [0, 0.05) is 13.2 Å². The van der Waals surface area contributed by atoms with Gasteiger partial charge < -0.3 is 19.9 Å². The highest BCUT2D eigenvalue weighted by molar-refractivity contribution is 5.67. The van der Waals surface area contributed by atoms with E-state index in [2.05, 4.69) is 5.32 Å². The van der Waals surface area contributed by atoms with Crippen LogP contribution in [-0.4, -0.2) is 31.0 Å². The number of hydrogen-bond acceptors (Lipinski definition) is 4. The summed E-state index contributed by atoms with van der Waals surface area (Å²) in [5, 5.41) is 11.1. The lowest BCUT2D eigenvalue weighted by Crippen LogP contribution is -2.25. The lowest BCUT2D eigenvalue weighted by atomic mass is 10.1. The Kier molecular flexibility index (Phi) is 6.83. The third kappa shape index (κ3) is 5.16. The number of nitrogens with one attached hydrogen (secondary N) is 1. The third-order valence-electron chi connectivity index (χ3n) is 2.33. The number of carbonyl (C=O) groups excluding carboxylic acids is 1. The fourth-order valence-corrected chi connectivity index (χ4v) is 1.44. The summed E-state index contributed by atoms with van der Waals surface area (Å²) in [6, 6.07) is 7.74. The zero-order chi connectivity index (χ0) is 13.2. The molecular formula is C13H19NO4. The quantitative estimate of drug-likeness (QED) is 0.771. The first-order chi connectivity index (χ1) is 8.77. The van der Waals surface area contributed by atoms with Crippen LogP contribution in [0.5, 0.6) is 0 Å². The fourth-order valence-electron chi connectivity index (χ4n) is 1.44. The van der Waals surface area contributed by atoms with Crippen LogP contribution in [0.2, 0.25) is 0 Å². The van der Waals surface area contributed by atoms with Gasteiger partial charge in [0.15, 0.2) is 0 Å². The average Bonchev–Trinajstić information content (AvgIpc) is 2.41. The molecule has 0 spiro atoms. The van der Waals surface area contributed by atoms with E-state index in [1.54, 1.807) is 0 Å². The van der Waals surface area contributed by atoms with E-state index in [9.17, 15) is 4.79 Å². The number of aliphatic hydroxyl groups is 1. The summed E-state index contributed by atoms with van der Waals surface area (Å²) in [6.45, 7) is 3.34. The number of aliphatic hydroxyl groups excluding tert-OH is 1. The van der Waals surface area contributed by atoms with Crippen molar-refractivity contribution in [1.82, 2.24) is 5.32 Å². The van der Waals surface area contributed by atoms with Crippen molar-refractivity contribution in [3.8, 4) is 0 Å². The van der Waals surface area contributed by atoms with Gasteiger partial charge in [0.05, 0.1) is 13.2 Å². The highest BCUT2D eigenvalue weighted by Crippen LogP contribution is 2.09. The van der Waals surface area contributed by atoms with Gasteiger partial charge in [-0.25, -0.2) is 4.79 Å². The lowest BCUT2D eigenvalue weighted by Gasteiger charge is -2.10. The molecule has 1 aromatic rings. The Morgan fingerprint density at radius 1 is 1.33 bits per heavy atom. The molecule has 0 aliphatic carbocycles. The van der Waals surface area contributed by atoms with Gasteiger partial charge in [0.2, 0.25) is 0 Å². The summed E-state index contributed by atoms with van der Waals surface area (Å²) < 4.78 is 10.1. The number of rotatable bonds is 7. The van der Waals surface area contributed by atoms with E-state index in [1.807, 2.05) is 31.2 Å². The average molecular weight is 253 g/mol. The van der Waals surface area contributed by atoms with E-state index in [0.717, 1.165) is 11.1 Å². The number of amides is 1. The molecule has 5 nitrogen and oxygen atoms in total. The van der Waals surface area contributed by atoms with Crippen LogP contribution < -0.4 is 5.32 Å². The summed E-state index contributed by atoms with van der Waals surface area (Å²) in [5.74, 6) is 0. The molecule has 18 heavy (non-hydrogen) atoms. The van der Waals surface area contributed by atoms with E-state index in [1.165, 1.54) is 0 Å². The van der Waals surface area contributed by atoms with Crippen molar-refractivity contribution in [3.63, 3.8) is 0 Å². The van der Waals surface area contributed by atoms with Gasteiger partial charge in [-0.3, -0.25) is 0 Å². The van der Waals surface area contributed by atoms with Gasteiger partial charge in [0.25, 0.3) is 0 Å². The largest absolute Gasteiger partial charge is 0.447 e. The molecule has 100 valence electrons. The predicted octanol–water partition coefficient (Wildman–Crippen LogP) is 1.44. The van der Waals surface area contributed by atoms with Crippen molar-refractivity contribution in [3.05, 3.63) is 35.4 Å². The number of carbonyl (C=O) groups is 1. The van der Waals surface area contributed by atoms with Gasteiger partial charge >= 0.3 is 6.09 Å². The SMILES string of the molecule is CCOCc1ccccc1CNC(=O)OCCO. The van der Waals surface area contributed by atoms with Gasteiger partial charge in [-0.1, -0.05) is 24.3 Å². The monoisotopic (exact) mass is 253 g/mol. The number of benzene rings is 1. The van der Waals surface area contributed by atoms with E-state index in [4.69, 9.17) is 14.6 Å². The molecule has 0 atom stereocenters. The molecule has 1 aromatic carbocycles. The molecule has 0 radical (unpaired) electrons. The summed E-state index contributed by atoms with van der Waals surface area (Å²) >= 11 is 0. The number of ether oxygens (including phenoxy) is 2. The molecule has 5 heteroatoms. The minimum absolute atomic E-state index is 0.00637. The maximum absolute atomic E-state index is 11.2. The molecule has 2 N–H and O–H groups in total. The lowest BCUT2D eigenvalue weighted by molar-refractivity contribution is 0.118. The van der Waals surface area contributed by atoms with Gasteiger partial charge in [-0.15, -0.1) is 0 Å². The number of hydrogen-bond donors (Lipinski definition) is 2. The molecule has 0 aliphatic rings. The zero-order valence-corrected chi connectivity index (χ0v) is 10.5. The minimum atomic E-state index is -0.532. The molecule has 0 saturated carbocycles. The normalized spacial score (nSPS) is 10.1. The summed E-state index contributed by atoms with van der Waals surface area (Å²) in [6.07, 6.45) is -0.532. The van der Waals surface area contributed by atoms with Crippen LogP contribution in [0.4, 0.5) is 4.79 Å². The van der Waals surface area contributed by atoms with Gasteiger partial charge in [-0.2, -0.15) is 0 Å². The van der Waals surface area contributed by atoms with E-state index in [0.29, 0.717) is 19.8 Å². The zero-order valence-electron chi connectivity index (χ0n) is 10.5. The topological polar surface area (TPSA) is 67.8 Å². The maximum atomic E-state index is 11.2. The van der Waals surface area contributed by atoms with E-state index in [-0.39, 0.29) is 13.2 Å². The van der Waals surface area contributed by atoms with Crippen LogP contribution in [0.25, 0.3) is 0 Å². The van der Waals surface area contributed by atoms with Gasteiger partial charge in [0.1, 0.15) is 6.61 Å². The maximum Gasteiger partial charge on any atom is 0.407 e. The molecule has 1 amide bonds. The van der Waals surface area contributed by atoms with Crippen LogP contribution >= 0.6 is 0 Å². The first-order valence-electron chi connectivity index (χ1n) is 5.94. The second-order valence-electron chi connectivity index (χ2n) is 3.62. The molecular weight excluding hydrogens is 234 g/mol. The predicted molar refractivity (Wildman–Crippen MR) is 67.0 cm³/mol. The molecule has 0 bridgehead atoms. The van der Waals surface area contributed by atoms with Crippen molar-refractivity contribution in [2.45, 2.75) is 20.1 Å². The van der Waals surface area contributed by atoms with Crippen molar-refractivity contribution < 1.29 is 19.4 Å². The van der Waals surface area contributed by atoms with Crippen LogP contribution in [0, 0.1) is 0 Å². The van der Waals surface area contributed by atoms with Crippen molar-refractivity contribution in [2.24, 2.45) is 0 Å². The first-order valence-corrected chi connectivity index (χ1v) is 5.94. The Morgan fingerprint density at radius 2 is 2.06 bits per heavy atom. The molecule has 0 aromatic heterocycles. The molecule has 0 aliphatic heterocycles. The van der Waals surface area contributed by atoms with Crippen molar-refractivity contribution in [2.75, 3.05) is 19.8 Å². The highest BCUT2D eigenvalue weighted by Gasteiger charge is 2.05. The molecule has 0 fully saturated rings. The Labute approximate surface area is 107 Å². The van der Waals surface area contributed by atoms with Crippen LogP contribution in [0.15, 0.2) is 24.3 Å². The smallest absolute Gasteiger partial charge is 0.407 e. The first kappa shape index (κ1) is 14.5. The number of alkyl carbamates (subject to hydrolysis) is 1. The molecule has 1 rings (SSSR count). The Balaban J connectivity index is 2.47. The van der Waals surface area contributed by atoms with Crippen LogP contribution in [0.1, 0.15) is 18.1 Å². The third-order valence-corrected chi connectivity index (χ3v) is 2.33. The van der Waals surface area contributed by atoms with Gasteiger partial charge in [-0.05, 0) is 18.1 Å². The highest BCUT2D eigenvalue weighted by atomic mass is 16.6. The summed E-state index contributed by atoms with van der Waals surface area (Å²) in [7, 11) is 0. The minimum Gasteiger partial charge on any atom is -0.447 e. The van der Waals surface area contributed by atoms with E-state index < -0.39 is 6.09 Å². The fraction of sp³-hybridized carbons (Fsp3) is 0.462. The summed E-state index contributed by atoms with van der Waals surface area (Å²) in [4.78, 5) is 11.2. The van der Waals surface area contributed by atoms with E-state index >= 15 is 0 Å².